The first-order valence-corrected chi connectivity index (χ1v) is 12.2. The van der Waals surface area contributed by atoms with Crippen molar-refractivity contribution in [1.29, 1.82) is 0 Å². The molecule has 6 nitrogen and oxygen atoms in total. The lowest BCUT2D eigenvalue weighted by atomic mass is 10.3. The maximum Gasteiger partial charge on any atom is 0.262 e. The molecule has 0 fully saturated rings. The number of rotatable bonds is 12. The Labute approximate surface area is 205 Å². The largest absolute Gasteiger partial charge is 0.494 e. The summed E-state index contributed by atoms with van der Waals surface area (Å²) >= 11 is 1.42. The smallest absolute Gasteiger partial charge is 0.262 e. The minimum atomic E-state index is -0.326. The van der Waals surface area contributed by atoms with Gasteiger partial charge in [0, 0.05) is 16.3 Å². The SMILES string of the molecule is CCCCOc1ccc(NC(=O)C(C)Sc2cccc(NC(=O)COc3ccccc3)c2)cc1. The Bertz CT molecular complexity index is 1060. The van der Waals surface area contributed by atoms with E-state index in [4.69, 9.17) is 9.47 Å². The number of benzene rings is 3. The molecule has 178 valence electrons. The fourth-order valence-corrected chi connectivity index (χ4v) is 3.91. The van der Waals surface area contributed by atoms with Crippen LogP contribution >= 0.6 is 11.8 Å². The second-order valence-corrected chi connectivity index (χ2v) is 9.07. The Morgan fingerprint density at radius 1 is 0.853 bits per heavy atom. The van der Waals surface area contributed by atoms with Gasteiger partial charge in [0.25, 0.3) is 5.91 Å². The molecule has 7 heteroatoms. The molecule has 0 aliphatic carbocycles. The van der Waals surface area contributed by atoms with Crippen molar-refractivity contribution in [2.24, 2.45) is 0 Å². The minimum absolute atomic E-state index is 0.0807. The van der Waals surface area contributed by atoms with Crippen LogP contribution in [0.3, 0.4) is 0 Å². The van der Waals surface area contributed by atoms with E-state index in [0.29, 0.717) is 18.0 Å². The maximum atomic E-state index is 12.6. The molecule has 0 heterocycles. The molecule has 1 atom stereocenters. The van der Waals surface area contributed by atoms with Gasteiger partial charge in [-0.15, -0.1) is 11.8 Å². The maximum absolute atomic E-state index is 12.6. The fourth-order valence-electron chi connectivity index (χ4n) is 2.98. The highest BCUT2D eigenvalue weighted by Gasteiger charge is 2.15. The quantitative estimate of drug-likeness (QED) is 0.247. The van der Waals surface area contributed by atoms with Crippen molar-refractivity contribution in [2.75, 3.05) is 23.8 Å². The number of hydrogen-bond donors (Lipinski definition) is 2. The average Bonchev–Trinajstić information content (AvgIpc) is 2.85. The first kappa shape index (κ1) is 25.2. The molecule has 3 aromatic rings. The predicted octanol–water partition coefficient (Wildman–Crippen LogP) is 6.00. The summed E-state index contributed by atoms with van der Waals surface area (Å²) in [6, 6.07) is 24.0. The van der Waals surface area contributed by atoms with E-state index in [2.05, 4.69) is 17.6 Å². The molecule has 0 aliphatic rings. The first-order valence-electron chi connectivity index (χ1n) is 11.3. The van der Waals surface area contributed by atoms with Gasteiger partial charge < -0.3 is 20.1 Å². The minimum Gasteiger partial charge on any atom is -0.494 e. The van der Waals surface area contributed by atoms with E-state index in [9.17, 15) is 9.59 Å². The Morgan fingerprint density at radius 3 is 2.32 bits per heavy atom. The van der Waals surface area contributed by atoms with Gasteiger partial charge >= 0.3 is 0 Å². The van der Waals surface area contributed by atoms with Crippen LogP contribution in [0.1, 0.15) is 26.7 Å². The molecule has 2 N–H and O–H groups in total. The molecule has 0 spiro atoms. The van der Waals surface area contributed by atoms with Gasteiger partial charge in [0.1, 0.15) is 11.5 Å². The number of hydrogen-bond acceptors (Lipinski definition) is 5. The van der Waals surface area contributed by atoms with Crippen molar-refractivity contribution in [3.05, 3.63) is 78.9 Å². The second kappa shape index (κ2) is 13.3. The van der Waals surface area contributed by atoms with Gasteiger partial charge in [-0.05, 0) is 67.9 Å². The number of thioether (sulfide) groups is 1. The monoisotopic (exact) mass is 478 g/mol. The zero-order valence-electron chi connectivity index (χ0n) is 19.5. The number of ether oxygens (including phenoxy) is 2. The molecular formula is C27H30N2O4S. The van der Waals surface area contributed by atoms with Gasteiger partial charge in [-0.25, -0.2) is 0 Å². The third-order valence-electron chi connectivity index (χ3n) is 4.80. The zero-order valence-corrected chi connectivity index (χ0v) is 20.3. The summed E-state index contributed by atoms with van der Waals surface area (Å²) in [5, 5.41) is 5.44. The zero-order chi connectivity index (χ0) is 24.2. The van der Waals surface area contributed by atoms with Crippen LogP contribution in [0, 0.1) is 0 Å². The van der Waals surface area contributed by atoms with Gasteiger partial charge in [0.05, 0.1) is 11.9 Å². The third-order valence-corrected chi connectivity index (χ3v) is 5.90. The van der Waals surface area contributed by atoms with Crippen LogP contribution in [0.5, 0.6) is 11.5 Å². The molecular weight excluding hydrogens is 448 g/mol. The summed E-state index contributed by atoms with van der Waals surface area (Å²) < 4.78 is 11.1. The van der Waals surface area contributed by atoms with Crippen LogP contribution in [-0.2, 0) is 9.59 Å². The highest BCUT2D eigenvalue weighted by molar-refractivity contribution is 8.00. The summed E-state index contributed by atoms with van der Waals surface area (Å²) in [5.41, 5.74) is 1.37. The van der Waals surface area contributed by atoms with E-state index in [1.54, 1.807) is 18.2 Å². The van der Waals surface area contributed by atoms with E-state index in [-0.39, 0.29) is 23.7 Å². The van der Waals surface area contributed by atoms with Crippen molar-refractivity contribution >= 4 is 35.0 Å². The van der Waals surface area contributed by atoms with Crippen LogP contribution in [-0.4, -0.2) is 30.3 Å². The van der Waals surface area contributed by atoms with E-state index >= 15 is 0 Å². The molecule has 0 saturated heterocycles. The number of nitrogens with one attached hydrogen (secondary N) is 2. The molecule has 3 aromatic carbocycles. The number of anilines is 2. The predicted molar refractivity (Wildman–Crippen MR) is 138 cm³/mol. The molecule has 1 unspecified atom stereocenters. The summed E-state index contributed by atoms with van der Waals surface area (Å²) in [6.07, 6.45) is 2.10. The summed E-state index contributed by atoms with van der Waals surface area (Å²) in [4.78, 5) is 25.7. The van der Waals surface area contributed by atoms with Crippen LogP contribution in [0.4, 0.5) is 11.4 Å². The highest BCUT2D eigenvalue weighted by atomic mass is 32.2. The number of carbonyl (C=O) groups excluding carboxylic acids is 2. The van der Waals surface area contributed by atoms with Gasteiger partial charge in [-0.1, -0.05) is 37.6 Å². The van der Waals surface area contributed by atoms with Gasteiger partial charge in [0.2, 0.25) is 5.91 Å². The van der Waals surface area contributed by atoms with E-state index in [1.807, 2.05) is 67.6 Å². The average molecular weight is 479 g/mol. The molecule has 0 saturated carbocycles. The summed E-state index contributed by atoms with van der Waals surface area (Å²) in [5.74, 6) is 1.08. The molecule has 0 aliphatic heterocycles. The van der Waals surface area contributed by atoms with Crippen molar-refractivity contribution < 1.29 is 19.1 Å². The Hall–Kier alpha value is -3.45. The summed E-state index contributed by atoms with van der Waals surface area (Å²) in [7, 11) is 0. The van der Waals surface area contributed by atoms with Crippen LogP contribution in [0.25, 0.3) is 0 Å². The van der Waals surface area contributed by atoms with Crippen molar-refractivity contribution in [2.45, 2.75) is 36.8 Å². The number of carbonyl (C=O) groups is 2. The molecule has 0 radical (unpaired) electrons. The highest BCUT2D eigenvalue weighted by Crippen LogP contribution is 2.27. The normalized spacial score (nSPS) is 11.4. The summed E-state index contributed by atoms with van der Waals surface area (Å²) in [6.45, 7) is 4.58. The Morgan fingerprint density at radius 2 is 1.59 bits per heavy atom. The molecule has 2 amide bonds. The first-order chi connectivity index (χ1) is 16.5. The van der Waals surface area contributed by atoms with Gasteiger partial charge in [-0.2, -0.15) is 0 Å². The lowest BCUT2D eigenvalue weighted by Gasteiger charge is -2.14. The Balaban J connectivity index is 1.47. The number of para-hydroxylation sites is 1. The van der Waals surface area contributed by atoms with Crippen LogP contribution in [0.15, 0.2) is 83.8 Å². The molecule has 0 aromatic heterocycles. The lowest BCUT2D eigenvalue weighted by molar-refractivity contribution is -0.118. The standard InChI is InChI=1S/C27H30N2O4S/c1-3-4-17-32-24-15-13-21(14-16-24)29-27(31)20(2)34-25-12-8-9-22(18-25)28-26(30)19-33-23-10-6-5-7-11-23/h5-16,18,20H,3-4,17,19H2,1-2H3,(H,28,30)(H,29,31). The molecule has 34 heavy (non-hydrogen) atoms. The van der Waals surface area contributed by atoms with Crippen LogP contribution < -0.4 is 20.1 Å². The van der Waals surface area contributed by atoms with E-state index in [1.165, 1.54) is 11.8 Å². The molecule has 3 rings (SSSR count). The lowest BCUT2D eigenvalue weighted by Crippen LogP contribution is -2.22. The van der Waals surface area contributed by atoms with E-state index < -0.39 is 0 Å². The van der Waals surface area contributed by atoms with E-state index in [0.717, 1.165) is 29.2 Å². The topological polar surface area (TPSA) is 76.7 Å². The van der Waals surface area contributed by atoms with Gasteiger partial charge in [0.15, 0.2) is 6.61 Å². The Kier molecular flexibility index (Phi) is 9.85. The van der Waals surface area contributed by atoms with Gasteiger partial charge in [-0.3, -0.25) is 9.59 Å². The third kappa shape index (κ3) is 8.48. The van der Waals surface area contributed by atoms with Crippen molar-refractivity contribution in [3.8, 4) is 11.5 Å². The molecule has 0 bridgehead atoms. The van der Waals surface area contributed by atoms with Crippen LogP contribution in [0.2, 0.25) is 0 Å². The number of amides is 2. The van der Waals surface area contributed by atoms with Crippen molar-refractivity contribution in [3.63, 3.8) is 0 Å². The van der Waals surface area contributed by atoms with Crippen molar-refractivity contribution in [1.82, 2.24) is 0 Å². The number of unbranched alkanes of at least 4 members (excludes halogenated alkanes) is 1. The second-order valence-electron chi connectivity index (χ2n) is 7.65. The fraction of sp³-hybridized carbons (Fsp3) is 0.259.